The first-order chi connectivity index (χ1) is 11.6. The molecule has 1 aromatic heterocycles. The van der Waals surface area contributed by atoms with Crippen molar-refractivity contribution in [2.24, 2.45) is 0 Å². The van der Waals surface area contributed by atoms with Crippen LogP contribution in [0.1, 0.15) is 0 Å². The molecule has 0 saturated carbocycles. The van der Waals surface area contributed by atoms with Crippen molar-refractivity contribution in [3.05, 3.63) is 58.0 Å². The van der Waals surface area contributed by atoms with Gasteiger partial charge >= 0.3 is 0 Å². The van der Waals surface area contributed by atoms with Gasteiger partial charge in [-0.05, 0) is 24.3 Å². The highest BCUT2D eigenvalue weighted by atomic mass is 32.1. The molecule has 0 amide bonds. The predicted molar refractivity (Wildman–Crippen MR) is 92.7 cm³/mol. The number of nitro groups is 1. The van der Waals surface area contributed by atoms with Gasteiger partial charge in [0.1, 0.15) is 16.5 Å². The van der Waals surface area contributed by atoms with E-state index in [9.17, 15) is 10.1 Å². The second kappa shape index (κ2) is 6.67. The van der Waals surface area contributed by atoms with E-state index in [-0.39, 0.29) is 5.69 Å². The zero-order valence-electron chi connectivity index (χ0n) is 13.1. The molecule has 0 fully saturated rings. The summed E-state index contributed by atoms with van der Waals surface area (Å²) in [6.45, 7) is 0. The normalized spacial score (nSPS) is 10.4. The van der Waals surface area contributed by atoms with Gasteiger partial charge < -0.3 is 9.47 Å². The molecule has 2 aromatic carbocycles. The number of benzene rings is 2. The summed E-state index contributed by atoms with van der Waals surface area (Å²) in [5, 5.41) is 13.5. The lowest BCUT2D eigenvalue weighted by Gasteiger charge is -2.08. The van der Waals surface area contributed by atoms with Gasteiger partial charge in [0, 0.05) is 34.7 Å². The first-order valence-corrected chi connectivity index (χ1v) is 7.93. The second-order valence-electron chi connectivity index (χ2n) is 4.91. The molecule has 6 nitrogen and oxygen atoms in total. The smallest absolute Gasteiger partial charge is 0.269 e. The Hall–Kier alpha value is -2.93. The third-order valence-electron chi connectivity index (χ3n) is 3.51. The lowest BCUT2D eigenvalue weighted by Crippen LogP contribution is -1.90. The molecule has 7 heteroatoms. The highest BCUT2D eigenvalue weighted by Crippen LogP contribution is 2.36. The van der Waals surface area contributed by atoms with Crippen molar-refractivity contribution >= 4 is 17.0 Å². The van der Waals surface area contributed by atoms with Crippen LogP contribution >= 0.6 is 11.3 Å². The number of methoxy groups -OCH3 is 2. The van der Waals surface area contributed by atoms with Crippen molar-refractivity contribution in [1.29, 1.82) is 0 Å². The number of hydrogen-bond acceptors (Lipinski definition) is 6. The van der Waals surface area contributed by atoms with Crippen LogP contribution in [0.2, 0.25) is 0 Å². The quantitative estimate of drug-likeness (QED) is 0.507. The number of rotatable bonds is 5. The Balaban J connectivity index is 1.94. The zero-order chi connectivity index (χ0) is 17.1. The van der Waals surface area contributed by atoms with Crippen LogP contribution in [-0.2, 0) is 0 Å². The van der Waals surface area contributed by atoms with Gasteiger partial charge in [0.2, 0.25) is 0 Å². The highest BCUT2D eigenvalue weighted by Gasteiger charge is 2.13. The Morgan fingerprint density at radius 1 is 1.08 bits per heavy atom. The maximum absolute atomic E-state index is 10.7. The van der Waals surface area contributed by atoms with E-state index in [1.165, 1.54) is 23.5 Å². The summed E-state index contributed by atoms with van der Waals surface area (Å²) in [7, 11) is 3.20. The topological polar surface area (TPSA) is 74.5 Å². The third-order valence-corrected chi connectivity index (χ3v) is 4.41. The van der Waals surface area contributed by atoms with E-state index in [1.54, 1.807) is 32.4 Å². The molecular weight excluding hydrogens is 328 g/mol. The van der Waals surface area contributed by atoms with Crippen molar-refractivity contribution < 1.29 is 14.4 Å². The minimum absolute atomic E-state index is 0.0624. The first-order valence-electron chi connectivity index (χ1n) is 7.05. The number of hydrogen-bond donors (Lipinski definition) is 0. The predicted octanol–water partition coefficient (Wildman–Crippen LogP) is 4.40. The van der Waals surface area contributed by atoms with Crippen LogP contribution in [0.3, 0.4) is 0 Å². The maximum atomic E-state index is 10.7. The molecule has 24 heavy (non-hydrogen) atoms. The van der Waals surface area contributed by atoms with Crippen LogP contribution in [0.4, 0.5) is 5.69 Å². The molecule has 122 valence electrons. The molecule has 0 bridgehead atoms. The van der Waals surface area contributed by atoms with E-state index in [0.29, 0.717) is 11.5 Å². The fourth-order valence-corrected chi connectivity index (χ4v) is 3.09. The van der Waals surface area contributed by atoms with Gasteiger partial charge in [-0.1, -0.05) is 0 Å². The highest BCUT2D eigenvalue weighted by molar-refractivity contribution is 7.13. The molecule has 0 aliphatic rings. The van der Waals surface area contributed by atoms with E-state index in [0.717, 1.165) is 21.8 Å². The molecule has 0 saturated heterocycles. The van der Waals surface area contributed by atoms with E-state index in [4.69, 9.17) is 9.47 Å². The summed E-state index contributed by atoms with van der Waals surface area (Å²) >= 11 is 1.47. The fourth-order valence-electron chi connectivity index (χ4n) is 2.27. The van der Waals surface area contributed by atoms with Crippen LogP contribution in [0.25, 0.3) is 21.8 Å². The van der Waals surface area contributed by atoms with Crippen molar-refractivity contribution in [3.8, 4) is 33.3 Å². The number of ether oxygens (including phenoxy) is 2. The van der Waals surface area contributed by atoms with Crippen molar-refractivity contribution in [2.45, 2.75) is 0 Å². The Kier molecular flexibility index (Phi) is 4.43. The molecular formula is C17H14N2O4S. The molecule has 0 aliphatic carbocycles. The fraction of sp³-hybridized carbons (Fsp3) is 0.118. The van der Waals surface area contributed by atoms with Gasteiger partial charge in [0.25, 0.3) is 5.69 Å². The van der Waals surface area contributed by atoms with Crippen LogP contribution in [0, 0.1) is 10.1 Å². The minimum Gasteiger partial charge on any atom is -0.497 e. The van der Waals surface area contributed by atoms with E-state index < -0.39 is 4.92 Å². The average Bonchev–Trinajstić information content (AvgIpc) is 3.11. The van der Waals surface area contributed by atoms with Crippen molar-refractivity contribution in [1.82, 2.24) is 4.98 Å². The van der Waals surface area contributed by atoms with E-state index in [1.807, 2.05) is 17.5 Å². The van der Waals surface area contributed by atoms with Crippen LogP contribution < -0.4 is 9.47 Å². The Bertz CT molecular complexity index is 875. The van der Waals surface area contributed by atoms with E-state index >= 15 is 0 Å². The maximum Gasteiger partial charge on any atom is 0.269 e. The van der Waals surface area contributed by atoms with Gasteiger partial charge in [0.05, 0.1) is 24.8 Å². The van der Waals surface area contributed by atoms with Crippen molar-refractivity contribution in [3.63, 3.8) is 0 Å². The number of aromatic nitrogens is 1. The molecule has 0 aliphatic heterocycles. The molecule has 0 spiro atoms. The Morgan fingerprint density at radius 3 is 2.46 bits per heavy atom. The number of nitro benzene ring substituents is 1. The van der Waals surface area contributed by atoms with Crippen LogP contribution in [0.15, 0.2) is 47.8 Å². The molecule has 0 atom stereocenters. The standard InChI is InChI=1S/C17H14N2O4S/c1-22-13-7-8-14(16(9-13)23-2)15-10-24-17(18-15)11-3-5-12(6-4-11)19(20)21/h3-10H,1-2H3. The van der Waals surface area contributed by atoms with Crippen LogP contribution in [0.5, 0.6) is 11.5 Å². The number of thiazole rings is 1. The largest absolute Gasteiger partial charge is 0.497 e. The van der Waals surface area contributed by atoms with E-state index in [2.05, 4.69) is 4.98 Å². The summed E-state index contributed by atoms with van der Waals surface area (Å²) in [5.74, 6) is 1.39. The van der Waals surface area contributed by atoms with Gasteiger partial charge in [-0.25, -0.2) is 4.98 Å². The van der Waals surface area contributed by atoms with Crippen LogP contribution in [-0.4, -0.2) is 24.1 Å². The molecule has 0 radical (unpaired) electrons. The second-order valence-corrected chi connectivity index (χ2v) is 5.77. The first kappa shape index (κ1) is 15.9. The summed E-state index contributed by atoms with van der Waals surface area (Å²) in [5.41, 5.74) is 2.55. The summed E-state index contributed by atoms with van der Waals surface area (Å²) in [4.78, 5) is 14.9. The number of nitrogens with zero attached hydrogens (tertiary/aromatic N) is 2. The Labute approximate surface area is 142 Å². The molecule has 1 heterocycles. The van der Waals surface area contributed by atoms with Gasteiger partial charge in [-0.15, -0.1) is 11.3 Å². The average molecular weight is 342 g/mol. The van der Waals surface area contributed by atoms with Gasteiger partial charge in [-0.2, -0.15) is 0 Å². The minimum atomic E-state index is -0.417. The van der Waals surface area contributed by atoms with Gasteiger partial charge in [-0.3, -0.25) is 10.1 Å². The third kappa shape index (κ3) is 3.07. The zero-order valence-corrected chi connectivity index (χ0v) is 13.9. The molecule has 0 N–H and O–H groups in total. The summed E-state index contributed by atoms with van der Waals surface area (Å²) in [6, 6.07) is 11.9. The molecule has 3 aromatic rings. The summed E-state index contributed by atoms with van der Waals surface area (Å²) in [6.07, 6.45) is 0. The van der Waals surface area contributed by atoms with Gasteiger partial charge in [0.15, 0.2) is 0 Å². The number of non-ortho nitro benzene ring substituents is 1. The SMILES string of the molecule is COc1ccc(-c2csc(-c3ccc([N+](=O)[O-])cc3)n2)c(OC)c1. The van der Waals surface area contributed by atoms with Crippen molar-refractivity contribution in [2.75, 3.05) is 14.2 Å². The molecule has 0 unspecified atom stereocenters. The lowest BCUT2D eigenvalue weighted by molar-refractivity contribution is -0.384. The molecule has 3 rings (SSSR count). The monoisotopic (exact) mass is 342 g/mol. The Morgan fingerprint density at radius 2 is 1.83 bits per heavy atom. The summed E-state index contributed by atoms with van der Waals surface area (Å²) < 4.78 is 10.6. The lowest BCUT2D eigenvalue weighted by atomic mass is 10.1.